The van der Waals surface area contributed by atoms with Gasteiger partial charge in [-0.2, -0.15) is 4.31 Å². The number of sulfonamides is 1. The van der Waals surface area contributed by atoms with E-state index in [9.17, 15) is 18.5 Å². The molecule has 0 spiro atoms. The molecular formula is C17H15N3O4S. The predicted octanol–water partition coefficient (Wildman–Crippen LogP) is 2.82. The largest absolute Gasteiger partial charge is 0.358 e. The molecule has 0 radical (unpaired) electrons. The van der Waals surface area contributed by atoms with E-state index >= 15 is 0 Å². The van der Waals surface area contributed by atoms with Crippen LogP contribution in [0.1, 0.15) is 11.3 Å². The van der Waals surface area contributed by atoms with Crippen molar-refractivity contribution >= 4 is 26.6 Å². The van der Waals surface area contributed by atoms with Gasteiger partial charge in [0.1, 0.15) is 0 Å². The molecule has 8 heteroatoms. The molecule has 25 heavy (non-hydrogen) atoms. The Kier molecular flexibility index (Phi) is 3.59. The maximum Gasteiger partial charge on any atom is 0.289 e. The number of aromatic nitrogens is 1. The van der Waals surface area contributed by atoms with Gasteiger partial charge in [0.25, 0.3) is 5.69 Å². The molecule has 1 N–H and O–H groups in total. The van der Waals surface area contributed by atoms with Crippen molar-refractivity contribution in [2.24, 2.45) is 0 Å². The summed E-state index contributed by atoms with van der Waals surface area (Å²) in [7, 11) is -3.95. The fraction of sp³-hybridized carbons (Fsp3) is 0.176. The van der Waals surface area contributed by atoms with Gasteiger partial charge in [-0.05, 0) is 17.7 Å². The lowest BCUT2D eigenvalue weighted by molar-refractivity contribution is -0.387. The molecule has 2 aromatic carbocycles. The van der Waals surface area contributed by atoms with Crippen LogP contribution in [0.2, 0.25) is 0 Å². The van der Waals surface area contributed by atoms with Gasteiger partial charge in [0.15, 0.2) is 4.90 Å². The van der Waals surface area contributed by atoms with Gasteiger partial charge in [-0.15, -0.1) is 0 Å². The number of fused-ring (bicyclic) bond motifs is 3. The van der Waals surface area contributed by atoms with E-state index in [1.165, 1.54) is 28.6 Å². The van der Waals surface area contributed by atoms with Crippen LogP contribution in [0.25, 0.3) is 10.9 Å². The summed E-state index contributed by atoms with van der Waals surface area (Å²) in [5.41, 5.74) is 2.53. The van der Waals surface area contributed by atoms with E-state index in [1.807, 2.05) is 24.3 Å². The summed E-state index contributed by atoms with van der Waals surface area (Å²) in [4.78, 5) is 13.6. The Labute approximate surface area is 144 Å². The van der Waals surface area contributed by atoms with Crippen LogP contribution in [0, 0.1) is 10.1 Å². The van der Waals surface area contributed by atoms with Crippen LogP contribution >= 0.6 is 0 Å². The highest BCUT2D eigenvalue weighted by atomic mass is 32.2. The van der Waals surface area contributed by atoms with Crippen molar-refractivity contribution in [1.29, 1.82) is 0 Å². The van der Waals surface area contributed by atoms with E-state index in [4.69, 9.17) is 0 Å². The van der Waals surface area contributed by atoms with Crippen LogP contribution in [0.3, 0.4) is 0 Å². The van der Waals surface area contributed by atoms with Crippen LogP contribution in [0.15, 0.2) is 53.4 Å². The van der Waals surface area contributed by atoms with Gasteiger partial charge < -0.3 is 4.98 Å². The number of H-pyrrole nitrogens is 1. The zero-order valence-corrected chi connectivity index (χ0v) is 14.0. The van der Waals surface area contributed by atoms with Gasteiger partial charge in [-0.25, -0.2) is 8.42 Å². The third-order valence-electron chi connectivity index (χ3n) is 4.53. The maximum atomic E-state index is 13.0. The van der Waals surface area contributed by atoms with E-state index in [-0.39, 0.29) is 18.0 Å². The second kappa shape index (κ2) is 5.68. The zero-order valence-electron chi connectivity index (χ0n) is 13.2. The van der Waals surface area contributed by atoms with E-state index in [2.05, 4.69) is 4.98 Å². The van der Waals surface area contributed by atoms with E-state index in [0.29, 0.717) is 6.42 Å². The summed E-state index contributed by atoms with van der Waals surface area (Å²) in [6.07, 6.45) is 0.546. The molecule has 3 aromatic rings. The third kappa shape index (κ3) is 2.50. The molecule has 7 nitrogen and oxygen atoms in total. The highest BCUT2D eigenvalue weighted by Crippen LogP contribution is 2.32. The molecule has 4 rings (SSSR count). The van der Waals surface area contributed by atoms with Gasteiger partial charge in [0.2, 0.25) is 10.0 Å². The average molecular weight is 357 g/mol. The lowest BCUT2D eigenvalue weighted by atomic mass is 10.1. The summed E-state index contributed by atoms with van der Waals surface area (Å²) >= 11 is 0. The molecule has 1 aliphatic rings. The Morgan fingerprint density at radius 1 is 1.08 bits per heavy atom. The summed E-state index contributed by atoms with van der Waals surface area (Å²) in [5.74, 6) is 0. The van der Waals surface area contributed by atoms with Crippen LogP contribution in [0.4, 0.5) is 5.69 Å². The maximum absolute atomic E-state index is 13.0. The van der Waals surface area contributed by atoms with Crippen molar-refractivity contribution in [1.82, 2.24) is 9.29 Å². The van der Waals surface area contributed by atoms with E-state index < -0.39 is 20.6 Å². The first kappa shape index (κ1) is 15.8. The van der Waals surface area contributed by atoms with Crippen LogP contribution in [0.5, 0.6) is 0 Å². The first-order chi connectivity index (χ1) is 12.0. The molecule has 128 valence electrons. The number of nitrogens with zero attached hydrogens (tertiary/aromatic N) is 2. The number of nitrogens with one attached hydrogen (secondary N) is 1. The van der Waals surface area contributed by atoms with Crippen molar-refractivity contribution in [2.45, 2.75) is 17.9 Å². The van der Waals surface area contributed by atoms with Crippen LogP contribution in [-0.4, -0.2) is 29.2 Å². The number of nitro benzene ring substituents is 1. The summed E-state index contributed by atoms with van der Waals surface area (Å²) < 4.78 is 27.3. The van der Waals surface area contributed by atoms with Crippen molar-refractivity contribution < 1.29 is 13.3 Å². The van der Waals surface area contributed by atoms with Gasteiger partial charge >= 0.3 is 0 Å². The average Bonchev–Trinajstić information content (AvgIpc) is 2.99. The Morgan fingerprint density at radius 3 is 2.60 bits per heavy atom. The standard InChI is InChI=1S/C17H15N3O4S/c21-20(22)16-7-3-4-8-17(16)25(23,24)19-10-9-15-13(11-19)12-5-1-2-6-14(12)18-15/h1-8,18H,9-11H2. The number of para-hydroxylation sites is 2. The van der Waals surface area contributed by atoms with E-state index in [1.54, 1.807) is 0 Å². The second-order valence-corrected chi connectivity index (χ2v) is 7.85. The third-order valence-corrected chi connectivity index (χ3v) is 6.42. The lowest BCUT2D eigenvalue weighted by Crippen LogP contribution is -2.36. The molecule has 0 atom stereocenters. The normalized spacial score (nSPS) is 15.2. The highest BCUT2D eigenvalue weighted by Gasteiger charge is 2.34. The minimum Gasteiger partial charge on any atom is -0.358 e. The van der Waals surface area contributed by atoms with Crippen LogP contribution < -0.4 is 0 Å². The number of hydrogen-bond donors (Lipinski definition) is 1. The minimum absolute atomic E-state index is 0.202. The SMILES string of the molecule is O=[N+]([O-])c1ccccc1S(=O)(=O)N1CCc2[nH]c3ccccc3c2C1. The highest BCUT2D eigenvalue weighted by molar-refractivity contribution is 7.89. The van der Waals surface area contributed by atoms with Crippen LogP contribution in [-0.2, 0) is 23.0 Å². The first-order valence-corrected chi connectivity index (χ1v) is 9.24. The van der Waals surface area contributed by atoms with Gasteiger partial charge in [-0.3, -0.25) is 10.1 Å². The second-order valence-electron chi connectivity index (χ2n) is 5.94. The molecule has 2 heterocycles. The minimum atomic E-state index is -3.95. The van der Waals surface area contributed by atoms with E-state index in [0.717, 1.165) is 22.2 Å². The molecule has 1 aliphatic heterocycles. The van der Waals surface area contributed by atoms with Gasteiger partial charge in [0.05, 0.1) is 4.92 Å². The topological polar surface area (TPSA) is 96.3 Å². The number of hydrogen-bond acceptors (Lipinski definition) is 4. The Hall–Kier alpha value is -2.71. The molecule has 0 unspecified atom stereocenters. The first-order valence-electron chi connectivity index (χ1n) is 7.80. The number of aromatic amines is 1. The molecule has 1 aromatic heterocycles. The summed E-state index contributed by atoms with van der Waals surface area (Å²) in [5, 5.41) is 12.2. The smallest absolute Gasteiger partial charge is 0.289 e. The van der Waals surface area contributed by atoms with Crippen molar-refractivity contribution in [3.63, 3.8) is 0 Å². The van der Waals surface area contributed by atoms with Gasteiger partial charge in [0, 0.05) is 42.2 Å². The zero-order chi connectivity index (χ0) is 17.6. The monoisotopic (exact) mass is 357 g/mol. The fourth-order valence-corrected chi connectivity index (χ4v) is 4.88. The van der Waals surface area contributed by atoms with Crippen molar-refractivity contribution in [3.05, 3.63) is 69.9 Å². The number of benzene rings is 2. The van der Waals surface area contributed by atoms with Crippen molar-refractivity contribution in [2.75, 3.05) is 6.54 Å². The number of rotatable bonds is 3. The lowest BCUT2D eigenvalue weighted by Gasteiger charge is -2.26. The summed E-state index contributed by atoms with van der Waals surface area (Å²) in [6, 6.07) is 13.2. The quantitative estimate of drug-likeness (QED) is 0.576. The molecular weight excluding hydrogens is 342 g/mol. The van der Waals surface area contributed by atoms with Gasteiger partial charge in [-0.1, -0.05) is 30.3 Å². The number of nitro groups is 1. The Bertz CT molecular complexity index is 1090. The Morgan fingerprint density at radius 2 is 1.80 bits per heavy atom. The molecule has 0 amide bonds. The molecule has 0 saturated carbocycles. The Balaban J connectivity index is 1.77. The van der Waals surface area contributed by atoms with Crippen molar-refractivity contribution in [3.8, 4) is 0 Å². The molecule has 0 saturated heterocycles. The summed E-state index contributed by atoms with van der Waals surface area (Å²) in [6.45, 7) is 0.488. The fourth-order valence-electron chi connectivity index (χ4n) is 3.31. The predicted molar refractivity (Wildman–Crippen MR) is 92.7 cm³/mol. The molecule has 0 bridgehead atoms. The molecule has 0 aliphatic carbocycles. The molecule has 0 fully saturated rings.